The van der Waals surface area contributed by atoms with E-state index in [1.165, 1.54) is 34.9 Å². The summed E-state index contributed by atoms with van der Waals surface area (Å²) in [6, 6.07) is 26.0. The molecule has 0 saturated heterocycles. The Hall–Kier alpha value is -5.71. The summed E-state index contributed by atoms with van der Waals surface area (Å²) in [5.41, 5.74) is 2.22. The van der Waals surface area contributed by atoms with Gasteiger partial charge in [0.2, 0.25) is 0 Å². The molecule has 2 heterocycles. The minimum Gasteiger partial charge on any atom is -0.309 e. The summed E-state index contributed by atoms with van der Waals surface area (Å²) in [6.07, 6.45) is -14.3. The first kappa shape index (κ1) is 34.4. The lowest BCUT2D eigenvalue weighted by atomic mass is 9.94. The van der Waals surface area contributed by atoms with Crippen molar-refractivity contribution in [1.29, 1.82) is 0 Å². The van der Waals surface area contributed by atoms with E-state index in [0.717, 1.165) is 63.3 Å². The van der Waals surface area contributed by atoms with Crippen LogP contribution in [0.15, 0.2) is 109 Å². The van der Waals surface area contributed by atoms with Gasteiger partial charge in [-0.1, -0.05) is 29.3 Å². The Kier molecular flexibility index (Phi) is 7.56. The van der Waals surface area contributed by atoms with Crippen LogP contribution in [0, 0.1) is 20.8 Å². The Morgan fingerprint density at radius 1 is 0.377 bits per heavy atom. The average molecular weight is 731 g/mol. The zero-order valence-corrected chi connectivity index (χ0v) is 28.2. The van der Waals surface area contributed by atoms with Crippen molar-refractivity contribution in [2.24, 2.45) is 0 Å². The molecule has 8 aromatic rings. The number of benzene rings is 6. The number of alkyl halides is 9. The quantitative estimate of drug-likeness (QED) is 0.160. The van der Waals surface area contributed by atoms with Crippen molar-refractivity contribution in [2.45, 2.75) is 39.3 Å². The molecule has 0 fully saturated rings. The maximum absolute atomic E-state index is 14.8. The van der Waals surface area contributed by atoms with Gasteiger partial charge in [0, 0.05) is 32.9 Å². The first-order valence-corrected chi connectivity index (χ1v) is 16.5. The fourth-order valence-electron chi connectivity index (χ4n) is 7.36. The van der Waals surface area contributed by atoms with Crippen LogP contribution in [0.1, 0.15) is 33.4 Å². The van der Waals surface area contributed by atoms with E-state index in [-0.39, 0.29) is 38.6 Å². The fourth-order valence-corrected chi connectivity index (χ4v) is 7.36. The number of nitrogens with zero attached hydrogens (tertiary/aromatic N) is 2. The smallest absolute Gasteiger partial charge is 0.309 e. The zero-order chi connectivity index (χ0) is 37.8. The zero-order valence-electron chi connectivity index (χ0n) is 28.2. The second kappa shape index (κ2) is 11.6. The maximum Gasteiger partial charge on any atom is 0.417 e. The Morgan fingerprint density at radius 3 is 1.21 bits per heavy atom. The van der Waals surface area contributed by atoms with Gasteiger partial charge in [-0.3, -0.25) is 0 Å². The first-order valence-electron chi connectivity index (χ1n) is 16.5. The van der Waals surface area contributed by atoms with Gasteiger partial charge >= 0.3 is 18.5 Å². The SMILES string of the molecule is Cc1ccc2c(c1)c1cc(C)ccc1n2-c1ccc(C(F)(F)F)c(-c2cc(-n3c4ccc(C(F)(F)F)cc4c4cc(C(F)(F)F)ccc43)ccc2C)c1. The predicted molar refractivity (Wildman–Crippen MR) is 190 cm³/mol. The minimum absolute atomic E-state index is 0.0853. The standard InChI is InChI=1S/C42H27F9N2/c1-22-4-12-36-31(16-22)32-17-23(2)5-13-37(32)53(36)28-10-11-35(42(49,50)51)30(21-28)29-20-27(9-6-24(29)3)52-38-14-7-25(40(43,44)45)18-33(38)34-19-26(41(46,47)48)8-15-39(34)52/h4-21H,1-3H3. The highest BCUT2D eigenvalue weighted by molar-refractivity contribution is 6.11. The third-order valence-corrected chi connectivity index (χ3v) is 9.83. The van der Waals surface area contributed by atoms with Crippen LogP contribution in [0.5, 0.6) is 0 Å². The molecule has 11 heteroatoms. The van der Waals surface area contributed by atoms with Crippen LogP contribution >= 0.6 is 0 Å². The van der Waals surface area contributed by atoms with Gasteiger partial charge in [-0.2, -0.15) is 39.5 Å². The molecule has 2 aromatic heterocycles. The Balaban J connectivity index is 1.39. The molecule has 0 N–H and O–H groups in total. The number of halogens is 9. The first-order chi connectivity index (χ1) is 24.9. The van der Waals surface area contributed by atoms with Crippen molar-refractivity contribution in [3.8, 4) is 22.5 Å². The van der Waals surface area contributed by atoms with Gasteiger partial charge in [-0.05, 0) is 128 Å². The number of hydrogen-bond acceptors (Lipinski definition) is 0. The molecule has 0 bridgehead atoms. The molecule has 0 spiro atoms. The summed E-state index contributed by atoms with van der Waals surface area (Å²) >= 11 is 0. The van der Waals surface area contributed by atoms with E-state index < -0.39 is 35.2 Å². The van der Waals surface area contributed by atoms with Crippen LogP contribution in [0.4, 0.5) is 39.5 Å². The molecule has 0 aliphatic rings. The van der Waals surface area contributed by atoms with Gasteiger partial charge in [0.25, 0.3) is 0 Å². The molecule has 2 nitrogen and oxygen atoms in total. The van der Waals surface area contributed by atoms with Crippen LogP contribution in [0.3, 0.4) is 0 Å². The molecule has 6 aromatic carbocycles. The van der Waals surface area contributed by atoms with E-state index in [0.29, 0.717) is 11.3 Å². The summed E-state index contributed by atoms with van der Waals surface area (Å²) in [5, 5.41) is 1.71. The average Bonchev–Trinajstić information content (AvgIpc) is 3.58. The molecule has 0 amide bonds. The summed E-state index contributed by atoms with van der Waals surface area (Å²) in [7, 11) is 0. The molecule has 0 saturated carbocycles. The molecule has 8 rings (SSSR count). The van der Waals surface area contributed by atoms with Crippen molar-refractivity contribution < 1.29 is 39.5 Å². The highest BCUT2D eigenvalue weighted by Crippen LogP contribution is 2.44. The number of aryl methyl sites for hydroxylation is 3. The predicted octanol–water partition coefficient (Wildman–Crippen LogP) is 13.5. The molecule has 0 unspecified atom stereocenters. The molecule has 0 aliphatic heterocycles. The highest BCUT2D eigenvalue weighted by Gasteiger charge is 2.36. The topological polar surface area (TPSA) is 9.86 Å². The largest absolute Gasteiger partial charge is 0.417 e. The van der Waals surface area contributed by atoms with Crippen LogP contribution in [0.2, 0.25) is 0 Å². The number of rotatable bonds is 3. The minimum atomic E-state index is -4.77. The van der Waals surface area contributed by atoms with Gasteiger partial charge in [0.15, 0.2) is 0 Å². The van der Waals surface area contributed by atoms with Gasteiger partial charge in [-0.15, -0.1) is 0 Å². The highest BCUT2D eigenvalue weighted by atomic mass is 19.4. The van der Waals surface area contributed by atoms with Crippen LogP contribution in [0.25, 0.3) is 66.1 Å². The van der Waals surface area contributed by atoms with Gasteiger partial charge in [0.05, 0.1) is 38.8 Å². The number of hydrogen-bond donors (Lipinski definition) is 0. The van der Waals surface area contributed by atoms with Gasteiger partial charge in [-0.25, -0.2) is 0 Å². The lowest BCUT2D eigenvalue weighted by Gasteiger charge is -2.19. The number of fused-ring (bicyclic) bond motifs is 6. The molecule has 0 atom stereocenters. The molecular weight excluding hydrogens is 703 g/mol. The number of aromatic nitrogens is 2. The summed E-state index contributed by atoms with van der Waals surface area (Å²) < 4.78 is 131. The maximum atomic E-state index is 14.8. The normalized spacial score (nSPS) is 12.9. The third-order valence-electron chi connectivity index (χ3n) is 9.83. The second-order valence-corrected chi connectivity index (χ2v) is 13.4. The monoisotopic (exact) mass is 730 g/mol. The van der Waals surface area contributed by atoms with E-state index in [1.54, 1.807) is 19.1 Å². The summed E-state index contributed by atoms with van der Waals surface area (Å²) in [4.78, 5) is 0. The van der Waals surface area contributed by atoms with Crippen LogP contribution in [-0.4, -0.2) is 9.13 Å². The summed E-state index contributed by atoms with van der Waals surface area (Å²) in [6.45, 7) is 5.58. The van der Waals surface area contributed by atoms with Crippen molar-refractivity contribution in [2.75, 3.05) is 0 Å². The van der Waals surface area contributed by atoms with Gasteiger partial charge in [0.1, 0.15) is 0 Å². The Labute approximate surface area is 296 Å². The van der Waals surface area contributed by atoms with E-state index in [1.807, 2.05) is 54.8 Å². The van der Waals surface area contributed by atoms with E-state index in [9.17, 15) is 39.5 Å². The molecule has 53 heavy (non-hydrogen) atoms. The van der Waals surface area contributed by atoms with Gasteiger partial charge < -0.3 is 9.13 Å². The second-order valence-electron chi connectivity index (χ2n) is 13.4. The molecule has 268 valence electrons. The lowest BCUT2D eigenvalue weighted by Crippen LogP contribution is -2.09. The Morgan fingerprint density at radius 2 is 0.774 bits per heavy atom. The lowest BCUT2D eigenvalue weighted by molar-refractivity contribution is -0.138. The Bertz CT molecular complexity index is 2650. The van der Waals surface area contributed by atoms with Crippen molar-refractivity contribution >= 4 is 43.6 Å². The van der Waals surface area contributed by atoms with Crippen LogP contribution < -0.4 is 0 Å². The van der Waals surface area contributed by atoms with Crippen molar-refractivity contribution in [3.05, 3.63) is 143 Å². The molecule has 0 aliphatic carbocycles. The third kappa shape index (κ3) is 5.69. The van der Waals surface area contributed by atoms with E-state index in [2.05, 4.69) is 0 Å². The van der Waals surface area contributed by atoms with E-state index in [4.69, 9.17) is 0 Å². The molecular formula is C42H27F9N2. The molecule has 0 radical (unpaired) electrons. The fraction of sp³-hybridized carbons (Fsp3) is 0.143. The van der Waals surface area contributed by atoms with Crippen molar-refractivity contribution in [1.82, 2.24) is 9.13 Å². The summed E-state index contributed by atoms with van der Waals surface area (Å²) in [5.74, 6) is 0. The van der Waals surface area contributed by atoms with Crippen molar-refractivity contribution in [3.63, 3.8) is 0 Å². The van der Waals surface area contributed by atoms with Crippen LogP contribution in [-0.2, 0) is 18.5 Å². The van der Waals surface area contributed by atoms with E-state index >= 15 is 0 Å².